The van der Waals surface area contributed by atoms with Crippen LogP contribution in [0.3, 0.4) is 0 Å². The zero-order chi connectivity index (χ0) is 18.3. The summed E-state index contributed by atoms with van der Waals surface area (Å²) in [5.41, 5.74) is 0. The van der Waals surface area contributed by atoms with Crippen LogP contribution in [0.2, 0.25) is 0 Å². The first kappa shape index (κ1) is 26.7. The van der Waals surface area contributed by atoms with E-state index in [-0.39, 0.29) is 18.3 Å². The van der Waals surface area contributed by atoms with E-state index in [4.69, 9.17) is 0 Å². The number of quaternary nitrogens is 1. The molecule has 0 heterocycles. The molecule has 0 fully saturated rings. The van der Waals surface area contributed by atoms with Gasteiger partial charge in [0, 0.05) is 13.0 Å². The van der Waals surface area contributed by atoms with Gasteiger partial charge in [-0.1, -0.05) is 64.9 Å². The van der Waals surface area contributed by atoms with Crippen molar-refractivity contribution in [3.63, 3.8) is 0 Å². The van der Waals surface area contributed by atoms with Crippen LogP contribution in [0.25, 0.3) is 0 Å². The van der Waals surface area contributed by atoms with E-state index in [9.17, 15) is 4.79 Å². The number of carbonyl (C=O) groups is 1. The second-order valence-corrected chi connectivity index (χ2v) is 8.02. The van der Waals surface area contributed by atoms with Gasteiger partial charge in [0.15, 0.2) is 0 Å². The Morgan fingerprint density at radius 1 is 0.920 bits per heavy atom. The first-order valence-corrected chi connectivity index (χ1v) is 10.1. The molecule has 0 saturated heterocycles. The minimum atomic E-state index is -0.0595. The van der Waals surface area contributed by atoms with Gasteiger partial charge in [-0.25, -0.2) is 0 Å². The Kier molecular flexibility index (Phi) is 18.0. The predicted molar refractivity (Wildman–Crippen MR) is 106 cm³/mol. The van der Waals surface area contributed by atoms with Crippen LogP contribution in [0.5, 0.6) is 0 Å². The fourth-order valence-electron chi connectivity index (χ4n) is 3.23. The summed E-state index contributed by atoms with van der Waals surface area (Å²) < 4.78 is 1.02. The van der Waals surface area contributed by atoms with Crippen molar-refractivity contribution in [2.45, 2.75) is 90.0 Å². The number of rotatable bonds is 16. The summed E-state index contributed by atoms with van der Waals surface area (Å²) in [6.07, 6.45) is 17.4. The fraction of sp³-hybridized carbons (Fsp3) is 0.857. The van der Waals surface area contributed by atoms with E-state index >= 15 is 0 Å². The van der Waals surface area contributed by atoms with Gasteiger partial charge in [-0.3, -0.25) is 4.79 Å². The molecule has 150 valence electrons. The summed E-state index contributed by atoms with van der Waals surface area (Å²) in [7, 11) is 6.88. The first-order valence-electron chi connectivity index (χ1n) is 10.1. The van der Waals surface area contributed by atoms with Gasteiger partial charge in [-0.15, -0.1) is 0 Å². The van der Waals surface area contributed by atoms with Gasteiger partial charge in [-0.2, -0.15) is 0 Å². The predicted octanol–water partition coefficient (Wildman–Crippen LogP) is 2.07. The van der Waals surface area contributed by atoms with Crippen LogP contribution in [0.4, 0.5) is 0 Å². The normalized spacial score (nSPS) is 12.3. The second kappa shape index (κ2) is 16.9. The standard InChI is InChI=1S/C21H42N2O.ClH/c1-6-8-9-10-11-12-13-14-15-17-20(23(3,4)5)18-16-19-22-21(24)7-2;/h7,20H,2,6,8-19H2,1,3-5H3;1H. The van der Waals surface area contributed by atoms with Crippen molar-refractivity contribution in [3.8, 4) is 0 Å². The first-order chi connectivity index (χ1) is 11.4. The number of unbranched alkanes of at least 4 members (excludes halogenated alkanes) is 8. The Balaban J connectivity index is 0. The highest BCUT2D eigenvalue weighted by molar-refractivity contribution is 5.86. The second-order valence-electron chi connectivity index (χ2n) is 8.02. The van der Waals surface area contributed by atoms with Crippen LogP contribution < -0.4 is 17.7 Å². The minimum absolute atomic E-state index is 0. The number of nitrogens with zero attached hydrogens (tertiary/aromatic N) is 1. The Bertz CT molecular complexity index is 326. The molecule has 0 rings (SSSR count). The third-order valence-corrected chi connectivity index (χ3v) is 4.94. The van der Waals surface area contributed by atoms with Gasteiger partial charge in [0.25, 0.3) is 0 Å². The molecule has 0 aromatic carbocycles. The quantitative estimate of drug-likeness (QED) is 0.250. The molecular formula is C21H43ClN2O. The molecule has 1 amide bonds. The van der Waals surface area contributed by atoms with Gasteiger partial charge in [-0.05, 0) is 25.3 Å². The van der Waals surface area contributed by atoms with Crippen LogP contribution in [-0.4, -0.2) is 44.1 Å². The number of hydrogen-bond acceptors (Lipinski definition) is 1. The van der Waals surface area contributed by atoms with Crippen molar-refractivity contribution in [2.75, 3.05) is 27.7 Å². The SMILES string of the molecule is C=CC(=O)NCCCC(CCCCCCCCCCC)[N+](C)(C)C.[Cl-]. The van der Waals surface area contributed by atoms with Gasteiger partial charge in [0.2, 0.25) is 5.91 Å². The molecule has 0 saturated carbocycles. The zero-order valence-electron chi connectivity index (χ0n) is 17.3. The lowest BCUT2D eigenvalue weighted by atomic mass is 9.99. The molecule has 0 bridgehead atoms. The topological polar surface area (TPSA) is 29.1 Å². The van der Waals surface area contributed by atoms with E-state index in [1.54, 1.807) is 0 Å². The molecule has 0 aromatic heterocycles. The molecular weight excluding hydrogens is 332 g/mol. The van der Waals surface area contributed by atoms with Crippen LogP contribution in [-0.2, 0) is 4.79 Å². The smallest absolute Gasteiger partial charge is 0.243 e. The maximum atomic E-state index is 11.2. The molecule has 0 radical (unpaired) electrons. The third kappa shape index (κ3) is 16.7. The van der Waals surface area contributed by atoms with Crippen molar-refractivity contribution >= 4 is 5.91 Å². The van der Waals surface area contributed by atoms with Gasteiger partial charge in [0.1, 0.15) is 0 Å². The maximum Gasteiger partial charge on any atom is 0.243 e. The Morgan fingerprint density at radius 2 is 1.40 bits per heavy atom. The molecule has 1 atom stereocenters. The van der Waals surface area contributed by atoms with Crippen molar-refractivity contribution in [3.05, 3.63) is 12.7 Å². The molecule has 1 N–H and O–H groups in total. The number of amides is 1. The summed E-state index contributed by atoms with van der Waals surface area (Å²) in [5.74, 6) is -0.0595. The highest BCUT2D eigenvalue weighted by atomic mass is 35.5. The summed E-state index contributed by atoms with van der Waals surface area (Å²) in [6, 6.07) is 0.690. The maximum absolute atomic E-state index is 11.2. The van der Waals surface area contributed by atoms with Crippen LogP contribution >= 0.6 is 0 Å². The van der Waals surface area contributed by atoms with E-state index in [2.05, 4.69) is 40.0 Å². The largest absolute Gasteiger partial charge is 1.00 e. The van der Waals surface area contributed by atoms with Gasteiger partial charge in [0.05, 0.1) is 27.2 Å². The van der Waals surface area contributed by atoms with Crippen LogP contribution in [0.1, 0.15) is 84.0 Å². The average Bonchev–Trinajstić information content (AvgIpc) is 2.53. The average molecular weight is 375 g/mol. The minimum Gasteiger partial charge on any atom is -1.00 e. The van der Waals surface area contributed by atoms with E-state index in [1.165, 1.54) is 76.7 Å². The Hall–Kier alpha value is -0.540. The van der Waals surface area contributed by atoms with Crippen molar-refractivity contribution in [2.24, 2.45) is 0 Å². The Labute approximate surface area is 163 Å². The summed E-state index contributed by atoms with van der Waals surface area (Å²) in [5, 5.41) is 2.88. The van der Waals surface area contributed by atoms with Gasteiger partial charge >= 0.3 is 0 Å². The molecule has 25 heavy (non-hydrogen) atoms. The highest BCUT2D eigenvalue weighted by Crippen LogP contribution is 2.18. The molecule has 0 aliphatic carbocycles. The molecule has 1 unspecified atom stereocenters. The lowest BCUT2D eigenvalue weighted by Gasteiger charge is -2.34. The lowest BCUT2D eigenvalue weighted by Crippen LogP contribution is -3.00. The monoisotopic (exact) mass is 374 g/mol. The number of carbonyl (C=O) groups excluding carboxylic acids is 1. The van der Waals surface area contributed by atoms with E-state index in [0.29, 0.717) is 6.04 Å². The highest BCUT2D eigenvalue weighted by Gasteiger charge is 2.22. The molecule has 3 nitrogen and oxygen atoms in total. The molecule has 0 spiro atoms. The summed E-state index contributed by atoms with van der Waals surface area (Å²) >= 11 is 0. The van der Waals surface area contributed by atoms with Crippen LogP contribution in [0.15, 0.2) is 12.7 Å². The van der Waals surface area contributed by atoms with Gasteiger partial charge < -0.3 is 22.2 Å². The van der Waals surface area contributed by atoms with Crippen LogP contribution in [0, 0.1) is 0 Å². The van der Waals surface area contributed by atoms with Crippen molar-refractivity contribution in [1.29, 1.82) is 0 Å². The molecule has 0 aliphatic rings. The third-order valence-electron chi connectivity index (χ3n) is 4.94. The van der Waals surface area contributed by atoms with E-state index < -0.39 is 0 Å². The summed E-state index contributed by atoms with van der Waals surface area (Å²) in [6.45, 7) is 6.52. The molecule has 0 aliphatic heterocycles. The Morgan fingerprint density at radius 3 is 1.88 bits per heavy atom. The fourth-order valence-corrected chi connectivity index (χ4v) is 3.23. The zero-order valence-corrected chi connectivity index (χ0v) is 18.0. The number of nitrogens with one attached hydrogen (secondary N) is 1. The lowest BCUT2D eigenvalue weighted by molar-refractivity contribution is -0.896. The molecule has 4 heteroatoms. The van der Waals surface area contributed by atoms with E-state index in [1.807, 2.05) is 0 Å². The van der Waals surface area contributed by atoms with E-state index in [0.717, 1.165) is 17.4 Å². The molecule has 0 aromatic rings. The van der Waals surface area contributed by atoms with Crippen molar-refractivity contribution in [1.82, 2.24) is 5.32 Å². The van der Waals surface area contributed by atoms with Crippen molar-refractivity contribution < 1.29 is 21.7 Å². The summed E-state index contributed by atoms with van der Waals surface area (Å²) in [4.78, 5) is 11.2. The number of hydrogen-bond donors (Lipinski definition) is 1. The number of halogens is 1.